The quantitative estimate of drug-likeness (QED) is 0.619. The molecule has 1 heterocycles. The molecule has 2 aromatic carbocycles. The third-order valence-corrected chi connectivity index (χ3v) is 4.25. The van der Waals surface area contributed by atoms with Crippen LogP contribution >= 0.6 is 0 Å². The summed E-state index contributed by atoms with van der Waals surface area (Å²) in [6, 6.07) is 16.4. The summed E-state index contributed by atoms with van der Waals surface area (Å²) in [5.74, 6) is 0.0241. The molecular weight excluding hydrogens is 352 g/mol. The minimum Gasteiger partial charge on any atom is -0.324 e. The molecular formula is C22H22N4O2. The number of benzene rings is 2. The number of hydrogen-bond donors (Lipinski definition) is 2. The second-order valence-corrected chi connectivity index (χ2v) is 6.48. The predicted molar refractivity (Wildman–Crippen MR) is 110 cm³/mol. The first kappa shape index (κ1) is 19.2. The van der Waals surface area contributed by atoms with E-state index in [0.717, 1.165) is 12.1 Å². The van der Waals surface area contributed by atoms with Crippen LogP contribution in [0.15, 0.2) is 54.6 Å². The summed E-state index contributed by atoms with van der Waals surface area (Å²) in [6.07, 6.45) is 0.946. The van der Waals surface area contributed by atoms with Gasteiger partial charge in [0.05, 0.1) is 0 Å². The van der Waals surface area contributed by atoms with Crippen LogP contribution in [0.5, 0.6) is 0 Å². The number of carbonyl (C=O) groups excluding carboxylic acids is 2. The van der Waals surface area contributed by atoms with Gasteiger partial charge in [0.15, 0.2) is 5.78 Å². The van der Waals surface area contributed by atoms with Gasteiger partial charge in [0.25, 0.3) is 5.91 Å². The maximum absolute atomic E-state index is 12.6. The van der Waals surface area contributed by atoms with Crippen LogP contribution in [0.2, 0.25) is 0 Å². The van der Waals surface area contributed by atoms with Crippen LogP contribution in [0.25, 0.3) is 0 Å². The largest absolute Gasteiger partial charge is 0.324 e. The maximum atomic E-state index is 12.6. The zero-order chi connectivity index (χ0) is 20.1. The highest BCUT2D eigenvalue weighted by atomic mass is 16.2. The Labute approximate surface area is 164 Å². The van der Waals surface area contributed by atoms with Crippen molar-refractivity contribution < 1.29 is 9.59 Å². The molecule has 0 aliphatic carbocycles. The first-order chi connectivity index (χ1) is 13.4. The number of Topliss-reactive ketones (excluding diaryl/α,β-unsaturated/α-hetero) is 1. The van der Waals surface area contributed by atoms with E-state index in [2.05, 4.69) is 27.5 Å². The van der Waals surface area contributed by atoms with E-state index in [-0.39, 0.29) is 17.4 Å². The molecule has 6 nitrogen and oxygen atoms in total. The van der Waals surface area contributed by atoms with E-state index < -0.39 is 0 Å². The minimum absolute atomic E-state index is 0.00397. The van der Waals surface area contributed by atoms with Crippen LogP contribution in [0, 0.1) is 6.92 Å². The van der Waals surface area contributed by atoms with Crippen LogP contribution in [0.3, 0.4) is 0 Å². The van der Waals surface area contributed by atoms with Crippen LogP contribution < -0.4 is 10.6 Å². The number of aromatic nitrogens is 2. The van der Waals surface area contributed by atoms with Gasteiger partial charge in [-0.15, -0.1) is 0 Å². The fourth-order valence-corrected chi connectivity index (χ4v) is 2.68. The molecule has 0 unspecified atom stereocenters. The Morgan fingerprint density at radius 1 is 0.929 bits per heavy atom. The van der Waals surface area contributed by atoms with Gasteiger partial charge < -0.3 is 10.6 Å². The van der Waals surface area contributed by atoms with Crippen LogP contribution in [0.4, 0.5) is 17.3 Å². The molecule has 3 rings (SSSR count). The van der Waals surface area contributed by atoms with Crippen molar-refractivity contribution in [3.63, 3.8) is 0 Å². The zero-order valence-electron chi connectivity index (χ0n) is 16.1. The Balaban J connectivity index is 1.76. The van der Waals surface area contributed by atoms with Crippen molar-refractivity contribution in [2.75, 3.05) is 10.6 Å². The fourth-order valence-electron chi connectivity index (χ4n) is 2.68. The van der Waals surface area contributed by atoms with Gasteiger partial charge in [-0.1, -0.05) is 19.1 Å². The van der Waals surface area contributed by atoms with Gasteiger partial charge >= 0.3 is 0 Å². The Morgan fingerprint density at radius 2 is 1.57 bits per heavy atom. The highest BCUT2D eigenvalue weighted by molar-refractivity contribution is 6.03. The van der Waals surface area contributed by atoms with Crippen molar-refractivity contribution in [2.24, 2.45) is 0 Å². The van der Waals surface area contributed by atoms with E-state index in [4.69, 9.17) is 0 Å². The first-order valence-electron chi connectivity index (χ1n) is 9.08. The standard InChI is InChI=1S/C22H22N4O2/c1-4-16-5-9-18(10-6-16)24-21(28)20-13-14(2)23-22(26-20)25-19-11-7-17(8-12-19)15(3)27/h5-13H,4H2,1-3H3,(H,24,28)(H,23,25,26). The van der Waals surface area contributed by atoms with Crippen molar-refractivity contribution in [1.29, 1.82) is 0 Å². The van der Waals surface area contributed by atoms with Crippen LogP contribution in [-0.2, 0) is 6.42 Å². The molecule has 28 heavy (non-hydrogen) atoms. The van der Waals surface area contributed by atoms with Crippen molar-refractivity contribution in [3.05, 3.63) is 77.1 Å². The fraction of sp³-hybridized carbons (Fsp3) is 0.182. The second kappa shape index (κ2) is 8.43. The van der Waals surface area contributed by atoms with Gasteiger partial charge in [0.2, 0.25) is 5.95 Å². The summed E-state index contributed by atoms with van der Waals surface area (Å²) in [7, 11) is 0. The minimum atomic E-state index is -0.301. The Morgan fingerprint density at radius 3 is 2.18 bits per heavy atom. The molecule has 1 amide bonds. The lowest BCUT2D eigenvalue weighted by molar-refractivity contribution is 0.101. The molecule has 142 valence electrons. The van der Waals surface area contributed by atoms with E-state index >= 15 is 0 Å². The monoisotopic (exact) mass is 374 g/mol. The average molecular weight is 374 g/mol. The van der Waals surface area contributed by atoms with Gasteiger partial charge in [-0.05, 0) is 68.3 Å². The Hall–Kier alpha value is -3.54. The third kappa shape index (κ3) is 4.79. The van der Waals surface area contributed by atoms with Gasteiger partial charge in [-0.2, -0.15) is 0 Å². The zero-order valence-corrected chi connectivity index (χ0v) is 16.1. The number of hydrogen-bond acceptors (Lipinski definition) is 5. The molecule has 0 fully saturated rings. The number of aryl methyl sites for hydroxylation is 2. The molecule has 0 bridgehead atoms. The number of rotatable bonds is 6. The van der Waals surface area contributed by atoms with Crippen molar-refractivity contribution in [3.8, 4) is 0 Å². The summed E-state index contributed by atoms with van der Waals surface area (Å²) in [5.41, 5.74) is 4.23. The summed E-state index contributed by atoms with van der Waals surface area (Å²) >= 11 is 0. The van der Waals surface area contributed by atoms with Crippen molar-refractivity contribution in [2.45, 2.75) is 27.2 Å². The van der Waals surface area contributed by atoms with Gasteiger partial charge in [0, 0.05) is 22.6 Å². The van der Waals surface area contributed by atoms with Crippen LogP contribution in [-0.4, -0.2) is 21.7 Å². The highest BCUT2D eigenvalue weighted by Crippen LogP contribution is 2.16. The number of anilines is 3. The lowest BCUT2D eigenvalue weighted by Crippen LogP contribution is -2.15. The smallest absolute Gasteiger partial charge is 0.274 e. The number of ketones is 1. The molecule has 0 saturated heterocycles. The molecule has 0 saturated carbocycles. The Kier molecular flexibility index (Phi) is 5.79. The SMILES string of the molecule is CCc1ccc(NC(=O)c2cc(C)nc(Nc3ccc(C(C)=O)cc3)n2)cc1. The molecule has 0 aliphatic heterocycles. The van der Waals surface area contributed by atoms with E-state index in [9.17, 15) is 9.59 Å². The Bertz CT molecular complexity index is 996. The van der Waals surface area contributed by atoms with E-state index in [1.807, 2.05) is 24.3 Å². The van der Waals surface area contributed by atoms with Crippen molar-refractivity contribution >= 4 is 29.0 Å². The normalized spacial score (nSPS) is 10.4. The summed E-state index contributed by atoms with van der Waals surface area (Å²) in [5, 5.41) is 5.92. The summed E-state index contributed by atoms with van der Waals surface area (Å²) in [4.78, 5) is 32.6. The molecule has 0 spiro atoms. The first-order valence-corrected chi connectivity index (χ1v) is 9.08. The van der Waals surface area contributed by atoms with Gasteiger partial charge in [0.1, 0.15) is 5.69 Å². The van der Waals surface area contributed by atoms with Crippen molar-refractivity contribution in [1.82, 2.24) is 9.97 Å². The maximum Gasteiger partial charge on any atom is 0.274 e. The number of nitrogens with zero attached hydrogens (tertiary/aromatic N) is 2. The number of nitrogens with one attached hydrogen (secondary N) is 2. The molecule has 2 N–H and O–H groups in total. The van der Waals surface area contributed by atoms with E-state index in [1.165, 1.54) is 12.5 Å². The lowest BCUT2D eigenvalue weighted by atomic mass is 10.1. The molecule has 1 aromatic heterocycles. The molecule has 3 aromatic rings. The predicted octanol–water partition coefficient (Wildman–Crippen LogP) is 4.55. The van der Waals surface area contributed by atoms with Gasteiger partial charge in [-0.3, -0.25) is 9.59 Å². The molecule has 0 aliphatic rings. The highest BCUT2D eigenvalue weighted by Gasteiger charge is 2.11. The topological polar surface area (TPSA) is 84.0 Å². The van der Waals surface area contributed by atoms with E-state index in [0.29, 0.717) is 22.9 Å². The lowest BCUT2D eigenvalue weighted by Gasteiger charge is -2.09. The summed E-state index contributed by atoms with van der Waals surface area (Å²) < 4.78 is 0. The number of amides is 1. The third-order valence-electron chi connectivity index (χ3n) is 4.25. The number of carbonyl (C=O) groups is 2. The molecule has 0 atom stereocenters. The van der Waals surface area contributed by atoms with Gasteiger partial charge in [-0.25, -0.2) is 9.97 Å². The molecule has 0 radical (unpaired) electrons. The van der Waals surface area contributed by atoms with Crippen LogP contribution in [0.1, 0.15) is 46.0 Å². The van der Waals surface area contributed by atoms with E-state index in [1.54, 1.807) is 37.3 Å². The average Bonchev–Trinajstić information content (AvgIpc) is 2.68. The second-order valence-electron chi connectivity index (χ2n) is 6.48. The summed E-state index contributed by atoms with van der Waals surface area (Å²) in [6.45, 7) is 5.41. The molecule has 6 heteroatoms.